The molecule has 0 spiro atoms. The summed E-state index contributed by atoms with van der Waals surface area (Å²) in [5.41, 5.74) is 15.3. The summed E-state index contributed by atoms with van der Waals surface area (Å²) in [6.45, 7) is 0. The highest BCUT2D eigenvalue weighted by Gasteiger charge is 2.31. The van der Waals surface area contributed by atoms with Gasteiger partial charge in [0, 0.05) is 6.42 Å². The van der Waals surface area contributed by atoms with E-state index in [0.29, 0.717) is 0 Å². The normalized spacial score (nSPS) is 16.5. The lowest BCUT2D eigenvalue weighted by molar-refractivity contribution is -0.140. The van der Waals surface area contributed by atoms with Crippen molar-refractivity contribution >= 4 is 30.3 Å². The van der Waals surface area contributed by atoms with E-state index >= 15 is 0 Å². The van der Waals surface area contributed by atoms with Crippen LogP contribution in [-0.2, 0) is 14.4 Å². The quantitative estimate of drug-likeness (QED) is 0.320. The minimum Gasteiger partial charge on any atom is -0.480 e. The molecule has 7 nitrogen and oxygen atoms in total. The van der Waals surface area contributed by atoms with E-state index in [2.05, 4.69) is 12.6 Å². The monoisotopic (exact) mass is 235 g/mol. The molecule has 0 radical (unpaired) electrons. The van der Waals surface area contributed by atoms with Crippen LogP contribution in [0.4, 0.5) is 0 Å². The lowest BCUT2D eigenvalue weighted by atomic mass is 10.0. The molecule has 0 saturated carbocycles. The highest BCUT2D eigenvalue weighted by Crippen LogP contribution is 2.06. The summed E-state index contributed by atoms with van der Waals surface area (Å²) in [4.78, 5) is 32.3. The SMILES string of the molecule is NC(=O)C[C@H](N)C(=O)C(S)[C@H](N)C(=O)O. The molecule has 0 aromatic heterocycles. The molecule has 0 fully saturated rings. The first kappa shape index (κ1) is 13.9. The zero-order valence-electron chi connectivity index (χ0n) is 7.79. The smallest absolute Gasteiger partial charge is 0.322 e. The second-order valence-corrected chi connectivity index (χ2v) is 3.54. The molecule has 1 unspecified atom stereocenters. The van der Waals surface area contributed by atoms with Crippen molar-refractivity contribution in [1.82, 2.24) is 0 Å². The van der Waals surface area contributed by atoms with Crippen LogP contribution in [0.15, 0.2) is 0 Å². The Morgan fingerprint density at radius 1 is 1.27 bits per heavy atom. The van der Waals surface area contributed by atoms with Gasteiger partial charge in [0.25, 0.3) is 0 Å². The summed E-state index contributed by atoms with van der Waals surface area (Å²) in [5.74, 6) is -2.83. The molecular formula is C7H13N3O4S. The van der Waals surface area contributed by atoms with Gasteiger partial charge in [-0.2, -0.15) is 12.6 Å². The van der Waals surface area contributed by atoms with Crippen molar-refractivity contribution < 1.29 is 19.5 Å². The predicted octanol–water partition coefficient (Wildman–Crippen LogP) is -2.53. The van der Waals surface area contributed by atoms with Crippen LogP contribution in [0.25, 0.3) is 0 Å². The Morgan fingerprint density at radius 2 is 1.73 bits per heavy atom. The molecular weight excluding hydrogens is 222 g/mol. The Labute approximate surface area is 91.4 Å². The van der Waals surface area contributed by atoms with Crippen molar-refractivity contribution in [3.63, 3.8) is 0 Å². The van der Waals surface area contributed by atoms with Crippen molar-refractivity contribution in [3.05, 3.63) is 0 Å². The number of aliphatic carboxylic acids is 1. The maximum absolute atomic E-state index is 11.4. The summed E-state index contributed by atoms with van der Waals surface area (Å²) in [6, 6.07) is -2.63. The van der Waals surface area contributed by atoms with Crippen molar-refractivity contribution in [1.29, 1.82) is 0 Å². The number of carbonyl (C=O) groups is 3. The van der Waals surface area contributed by atoms with Gasteiger partial charge in [0.1, 0.15) is 6.04 Å². The number of hydrogen-bond donors (Lipinski definition) is 5. The maximum Gasteiger partial charge on any atom is 0.322 e. The molecule has 1 amide bonds. The van der Waals surface area contributed by atoms with Gasteiger partial charge in [-0.15, -0.1) is 0 Å². The van der Waals surface area contributed by atoms with Gasteiger partial charge in [0.2, 0.25) is 5.91 Å². The van der Waals surface area contributed by atoms with Crippen LogP contribution >= 0.6 is 12.6 Å². The fourth-order valence-corrected chi connectivity index (χ4v) is 1.17. The van der Waals surface area contributed by atoms with Crippen LogP contribution in [0.2, 0.25) is 0 Å². The van der Waals surface area contributed by atoms with Gasteiger partial charge in [-0.25, -0.2) is 0 Å². The average molecular weight is 235 g/mol. The highest BCUT2D eigenvalue weighted by molar-refractivity contribution is 7.82. The van der Waals surface area contributed by atoms with Gasteiger partial charge in [0.05, 0.1) is 11.3 Å². The Kier molecular flexibility index (Phi) is 5.26. The summed E-state index contributed by atoms with van der Waals surface area (Å²) in [5, 5.41) is 7.25. The third-order valence-electron chi connectivity index (χ3n) is 1.70. The number of carboxylic acids is 1. The van der Waals surface area contributed by atoms with Crippen LogP contribution in [0, 0.1) is 0 Å². The molecule has 15 heavy (non-hydrogen) atoms. The van der Waals surface area contributed by atoms with Crippen molar-refractivity contribution in [3.8, 4) is 0 Å². The van der Waals surface area contributed by atoms with Crippen molar-refractivity contribution in [2.24, 2.45) is 17.2 Å². The number of amides is 1. The first-order valence-electron chi connectivity index (χ1n) is 4.01. The zero-order valence-corrected chi connectivity index (χ0v) is 8.68. The maximum atomic E-state index is 11.4. The Balaban J connectivity index is 4.43. The number of hydrogen-bond acceptors (Lipinski definition) is 6. The fraction of sp³-hybridized carbons (Fsp3) is 0.571. The molecule has 8 heteroatoms. The minimum absolute atomic E-state index is 0.359. The number of primary amides is 1. The average Bonchev–Trinajstić information content (AvgIpc) is 2.13. The number of carboxylic acid groups (broad SMARTS) is 1. The Morgan fingerprint density at radius 3 is 2.07 bits per heavy atom. The lowest BCUT2D eigenvalue weighted by Gasteiger charge is -2.17. The summed E-state index contributed by atoms with van der Waals surface area (Å²) in [7, 11) is 0. The fourth-order valence-electron chi connectivity index (χ4n) is 0.849. The molecule has 0 heterocycles. The molecule has 0 aliphatic rings. The van der Waals surface area contributed by atoms with E-state index in [1.807, 2.05) is 0 Å². The first-order chi connectivity index (χ1) is 6.77. The van der Waals surface area contributed by atoms with Gasteiger partial charge in [-0.3, -0.25) is 14.4 Å². The van der Waals surface area contributed by atoms with Crippen LogP contribution in [0.3, 0.4) is 0 Å². The van der Waals surface area contributed by atoms with E-state index in [1.54, 1.807) is 0 Å². The second-order valence-electron chi connectivity index (χ2n) is 2.99. The van der Waals surface area contributed by atoms with Crippen LogP contribution in [0.1, 0.15) is 6.42 Å². The van der Waals surface area contributed by atoms with E-state index in [1.165, 1.54) is 0 Å². The summed E-state index contributed by atoms with van der Waals surface area (Å²) >= 11 is 3.73. The number of rotatable bonds is 6. The standard InChI is InChI=1S/C7H13N3O4S/c8-2(1-3(9)11)5(12)6(15)4(10)7(13)14/h2,4,6,15H,1,8,10H2,(H2,9,11)(H,13,14)/t2-,4-,6?/m0/s1. The molecule has 3 atom stereocenters. The molecule has 7 N–H and O–H groups in total. The topological polar surface area (TPSA) is 150 Å². The van der Waals surface area contributed by atoms with Crippen LogP contribution in [-0.4, -0.2) is 40.1 Å². The molecule has 0 aromatic carbocycles. The second kappa shape index (κ2) is 5.69. The van der Waals surface area contributed by atoms with Gasteiger partial charge in [-0.05, 0) is 0 Å². The molecule has 0 saturated heterocycles. The van der Waals surface area contributed by atoms with Gasteiger partial charge in [0.15, 0.2) is 5.78 Å². The number of thiol groups is 1. The Hall–Kier alpha value is -1.12. The van der Waals surface area contributed by atoms with E-state index < -0.39 is 35.0 Å². The van der Waals surface area contributed by atoms with E-state index in [9.17, 15) is 14.4 Å². The lowest BCUT2D eigenvalue weighted by Crippen LogP contribution is -2.49. The number of nitrogens with two attached hydrogens (primary N) is 3. The third kappa shape index (κ3) is 4.28. The molecule has 0 bridgehead atoms. The third-order valence-corrected chi connectivity index (χ3v) is 2.28. The van der Waals surface area contributed by atoms with Gasteiger partial charge < -0.3 is 22.3 Å². The molecule has 0 aliphatic carbocycles. The van der Waals surface area contributed by atoms with Crippen LogP contribution < -0.4 is 17.2 Å². The molecule has 0 rings (SSSR count). The highest BCUT2D eigenvalue weighted by atomic mass is 32.1. The largest absolute Gasteiger partial charge is 0.480 e. The van der Waals surface area contributed by atoms with Crippen molar-refractivity contribution in [2.75, 3.05) is 0 Å². The zero-order chi connectivity index (χ0) is 12.2. The molecule has 0 aromatic rings. The Bertz CT molecular complexity index is 283. The van der Waals surface area contributed by atoms with E-state index in [0.717, 1.165) is 0 Å². The summed E-state index contributed by atoms with van der Waals surface area (Å²) < 4.78 is 0. The van der Waals surface area contributed by atoms with Crippen molar-refractivity contribution in [2.45, 2.75) is 23.8 Å². The molecule has 0 aliphatic heterocycles. The molecule has 86 valence electrons. The number of Topliss-reactive ketones (excluding diaryl/α,β-unsaturated/α-hetero) is 1. The number of carbonyl (C=O) groups excluding carboxylic acids is 2. The first-order valence-corrected chi connectivity index (χ1v) is 4.53. The predicted molar refractivity (Wildman–Crippen MR) is 55.2 cm³/mol. The van der Waals surface area contributed by atoms with Gasteiger partial charge >= 0.3 is 5.97 Å². The summed E-state index contributed by atoms with van der Waals surface area (Å²) in [6.07, 6.45) is -0.359. The van der Waals surface area contributed by atoms with E-state index in [4.69, 9.17) is 22.3 Å². The van der Waals surface area contributed by atoms with Crippen LogP contribution in [0.5, 0.6) is 0 Å². The van der Waals surface area contributed by atoms with E-state index in [-0.39, 0.29) is 6.42 Å². The minimum atomic E-state index is -1.46. The number of ketones is 1. The van der Waals surface area contributed by atoms with Gasteiger partial charge in [-0.1, -0.05) is 0 Å².